The molecule has 3 aromatic rings. The van der Waals surface area contributed by atoms with E-state index in [1.54, 1.807) is 11.7 Å². The predicted molar refractivity (Wildman–Crippen MR) is 114 cm³/mol. The van der Waals surface area contributed by atoms with Gasteiger partial charge in [-0.25, -0.2) is 9.78 Å². The fraction of sp³-hybridized carbons (Fsp3) is 0.400. The molecule has 1 aliphatic heterocycles. The molecule has 1 fully saturated rings. The number of rotatable bonds is 5. The van der Waals surface area contributed by atoms with Gasteiger partial charge in [-0.3, -0.25) is 4.68 Å². The first-order chi connectivity index (χ1) is 14.6. The van der Waals surface area contributed by atoms with Gasteiger partial charge < -0.3 is 25.4 Å². The molecule has 2 amide bonds. The Morgan fingerprint density at radius 3 is 2.80 bits per heavy atom. The van der Waals surface area contributed by atoms with Crippen molar-refractivity contribution in [3.05, 3.63) is 30.5 Å². The van der Waals surface area contributed by atoms with Crippen LogP contribution < -0.4 is 15.5 Å². The van der Waals surface area contributed by atoms with E-state index in [1.807, 2.05) is 30.5 Å². The number of aromatic nitrogens is 4. The van der Waals surface area contributed by atoms with Crippen molar-refractivity contribution in [2.45, 2.75) is 19.5 Å². The molecule has 0 aliphatic carbocycles. The number of nitrogens with one attached hydrogen (secondary N) is 2. The van der Waals surface area contributed by atoms with Crippen LogP contribution in [0.5, 0.6) is 0 Å². The zero-order valence-corrected chi connectivity index (χ0v) is 17.0. The molecule has 3 N–H and O–H groups in total. The van der Waals surface area contributed by atoms with Gasteiger partial charge in [0.1, 0.15) is 0 Å². The topological polar surface area (TPSA) is 117 Å². The Bertz CT molecular complexity index is 1030. The number of aliphatic hydroxyl groups excluding tert-OH is 1. The van der Waals surface area contributed by atoms with Gasteiger partial charge in [0, 0.05) is 31.0 Å². The minimum absolute atomic E-state index is 0.00996. The number of amides is 2. The number of hydrogen-bond acceptors (Lipinski definition) is 7. The lowest BCUT2D eigenvalue weighted by Gasteiger charge is -2.33. The standard InChI is InChI=1S/C20H25N7O3/c1-13-12-30-10-8-27(13)19-23-17(16-11-26(7-9-28)25-18(16)24-19)14-3-5-15(6-4-14)22-20(29)21-2/h3-6,11,13,28H,7-10,12H2,1-2H3,(H2,21,22,29)/t13-/m0/s1. The zero-order chi connectivity index (χ0) is 21.1. The van der Waals surface area contributed by atoms with E-state index < -0.39 is 0 Å². The SMILES string of the molecule is CNC(=O)Nc1ccc(-c2nc(N3CCOC[C@@H]3C)nc3nn(CCO)cc23)cc1. The molecule has 0 bridgehead atoms. The van der Waals surface area contributed by atoms with Crippen LogP contribution in [0.1, 0.15) is 6.92 Å². The molecule has 1 aliphatic rings. The third kappa shape index (κ3) is 4.05. The maximum atomic E-state index is 11.5. The highest BCUT2D eigenvalue weighted by Crippen LogP contribution is 2.29. The molecule has 1 atom stereocenters. The van der Waals surface area contributed by atoms with E-state index in [0.29, 0.717) is 43.6 Å². The second-order valence-electron chi connectivity index (χ2n) is 7.12. The van der Waals surface area contributed by atoms with Gasteiger partial charge in [0.15, 0.2) is 5.65 Å². The summed E-state index contributed by atoms with van der Waals surface area (Å²) >= 11 is 0. The quantitative estimate of drug-likeness (QED) is 0.582. The monoisotopic (exact) mass is 411 g/mol. The fourth-order valence-corrected chi connectivity index (χ4v) is 3.44. The number of nitrogens with zero attached hydrogens (tertiary/aromatic N) is 5. The first kappa shape index (κ1) is 20.0. The summed E-state index contributed by atoms with van der Waals surface area (Å²) in [6.07, 6.45) is 1.85. The van der Waals surface area contributed by atoms with E-state index in [2.05, 4.69) is 32.5 Å². The van der Waals surface area contributed by atoms with Crippen molar-refractivity contribution < 1.29 is 14.6 Å². The Kier molecular flexibility index (Phi) is 5.77. The van der Waals surface area contributed by atoms with Gasteiger partial charge in [-0.2, -0.15) is 10.1 Å². The van der Waals surface area contributed by atoms with Crippen molar-refractivity contribution in [2.75, 3.05) is 43.6 Å². The molecule has 10 nitrogen and oxygen atoms in total. The number of benzene rings is 1. The molecule has 158 valence electrons. The maximum Gasteiger partial charge on any atom is 0.318 e. The summed E-state index contributed by atoms with van der Waals surface area (Å²) < 4.78 is 7.22. The van der Waals surface area contributed by atoms with Crippen LogP contribution in [0.4, 0.5) is 16.4 Å². The molecule has 1 saturated heterocycles. The van der Waals surface area contributed by atoms with E-state index in [9.17, 15) is 9.90 Å². The van der Waals surface area contributed by atoms with E-state index in [4.69, 9.17) is 9.72 Å². The van der Waals surface area contributed by atoms with Crippen molar-refractivity contribution >= 4 is 28.7 Å². The Morgan fingerprint density at radius 1 is 1.30 bits per heavy atom. The van der Waals surface area contributed by atoms with Crippen LogP contribution >= 0.6 is 0 Å². The highest BCUT2D eigenvalue weighted by Gasteiger charge is 2.24. The normalized spacial score (nSPS) is 16.6. The first-order valence-electron chi connectivity index (χ1n) is 9.88. The van der Waals surface area contributed by atoms with Gasteiger partial charge in [0.2, 0.25) is 5.95 Å². The van der Waals surface area contributed by atoms with Gasteiger partial charge in [0.05, 0.1) is 43.5 Å². The summed E-state index contributed by atoms with van der Waals surface area (Å²) in [6.45, 7) is 4.40. The summed E-state index contributed by atoms with van der Waals surface area (Å²) in [5.41, 5.74) is 2.90. The molecule has 4 rings (SSSR count). The van der Waals surface area contributed by atoms with Crippen LogP contribution in [0.15, 0.2) is 30.5 Å². The van der Waals surface area contributed by atoms with Crippen molar-refractivity contribution in [2.24, 2.45) is 0 Å². The second-order valence-corrected chi connectivity index (χ2v) is 7.12. The van der Waals surface area contributed by atoms with Gasteiger partial charge in [-0.05, 0) is 19.1 Å². The number of anilines is 2. The third-order valence-corrected chi connectivity index (χ3v) is 5.01. The van der Waals surface area contributed by atoms with Crippen LogP contribution in [0.2, 0.25) is 0 Å². The molecule has 2 aromatic heterocycles. The van der Waals surface area contributed by atoms with Crippen LogP contribution in [0.25, 0.3) is 22.3 Å². The maximum absolute atomic E-state index is 11.5. The zero-order valence-electron chi connectivity index (χ0n) is 17.0. The Morgan fingerprint density at radius 2 is 2.10 bits per heavy atom. The number of aliphatic hydroxyl groups is 1. The second kappa shape index (κ2) is 8.64. The Labute approximate surface area is 173 Å². The van der Waals surface area contributed by atoms with Crippen LogP contribution in [0, 0.1) is 0 Å². The Hall–Kier alpha value is -3.24. The fourth-order valence-electron chi connectivity index (χ4n) is 3.44. The van der Waals surface area contributed by atoms with Gasteiger partial charge in [-0.1, -0.05) is 12.1 Å². The number of carbonyl (C=O) groups is 1. The van der Waals surface area contributed by atoms with Crippen LogP contribution in [0.3, 0.4) is 0 Å². The summed E-state index contributed by atoms with van der Waals surface area (Å²) in [5.74, 6) is 0.607. The minimum Gasteiger partial charge on any atom is -0.394 e. The molecular weight excluding hydrogens is 386 g/mol. The number of ether oxygens (including phenoxy) is 1. The molecule has 30 heavy (non-hydrogen) atoms. The number of urea groups is 1. The van der Waals surface area contributed by atoms with Crippen LogP contribution in [-0.2, 0) is 11.3 Å². The lowest BCUT2D eigenvalue weighted by Crippen LogP contribution is -2.44. The smallest absolute Gasteiger partial charge is 0.318 e. The predicted octanol–water partition coefficient (Wildman–Crippen LogP) is 1.46. The lowest BCUT2D eigenvalue weighted by molar-refractivity contribution is 0.0981. The van der Waals surface area contributed by atoms with Gasteiger partial charge >= 0.3 is 6.03 Å². The van der Waals surface area contributed by atoms with Gasteiger partial charge in [0.25, 0.3) is 0 Å². The summed E-state index contributed by atoms with van der Waals surface area (Å²) in [5, 5.41) is 19.9. The third-order valence-electron chi connectivity index (χ3n) is 5.01. The van der Waals surface area contributed by atoms with Crippen molar-refractivity contribution in [1.82, 2.24) is 25.1 Å². The van der Waals surface area contributed by atoms with Crippen LogP contribution in [-0.4, -0.2) is 70.3 Å². The summed E-state index contributed by atoms with van der Waals surface area (Å²) in [4.78, 5) is 23.2. The molecule has 0 unspecified atom stereocenters. The molecule has 0 saturated carbocycles. The van der Waals surface area contributed by atoms with E-state index in [1.165, 1.54) is 0 Å². The lowest BCUT2D eigenvalue weighted by atomic mass is 10.1. The molecule has 1 aromatic carbocycles. The van der Waals surface area contributed by atoms with E-state index >= 15 is 0 Å². The van der Waals surface area contributed by atoms with E-state index in [0.717, 1.165) is 16.6 Å². The van der Waals surface area contributed by atoms with Crippen molar-refractivity contribution in [3.8, 4) is 11.3 Å². The highest BCUT2D eigenvalue weighted by atomic mass is 16.5. The average Bonchev–Trinajstić information content (AvgIpc) is 3.16. The molecule has 10 heteroatoms. The largest absolute Gasteiger partial charge is 0.394 e. The van der Waals surface area contributed by atoms with Crippen molar-refractivity contribution in [3.63, 3.8) is 0 Å². The highest BCUT2D eigenvalue weighted by molar-refractivity contribution is 5.92. The first-order valence-corrected chi connectivity index (χ1v) is 9.88. The average molecular weight is 411 g/mol. The van der Waals surface area contributed by atoms with Crippen molar-refractivity contribution in [1.29, 1.82) is 0 Å². The molecule has 0 radical (unpaired) electrons. The molecule has 3 heterocycles. The summed E-state index contributed by atoms with van der Waals surface area (Å²) in [6, 6.07) is 7.34. The minimum atomic E-state index is -0.277. The molecule has 0 spiro atoms. The number of hydrogen-bond donors (Lipinski definition) is 3. The number of carbonyl (C=O) groups excluding carboxylic acids is 1. The number of morpholine rings is 1. The van der Waals surface area contributed by atoms with Gasteiger partial charge in [-0.15, -0.1) is 0 Å². The summed E-state index contributed by atoms with van der Waals surface area (Å²) in [7, 11) is 1.57. The molecular formula is C20H25N7O3. The van der Waals surface area contributed by atoms with E-state index in [-0.39, 0.29) is 18.7 Å². The Balaban J connectivity index is 1.77. The number of fused-ring (bicyclic) bond motifs is 1.